The van der Waals surface area contributed by atoms with Crippen LogP contribution in [0.25, 0.3) is 0 Å². The molecule has 2 N–H and O–H groups in total. The third kappa shape index (κ3) is 6.58. The maximum absolute atomic E-state index is 11.8. The standard InChI is InChI=1S/C16H26N4O2/c1-12(2)17-16(22)18-15(21)11-20(5)10-13-6-8-14(9-7-13)19(3)4/h6-9,12H,10-11H2,1-5H3,(H2,17,18,21,22). The molecule has 6 nitrogen and oxygen atoms in total. The molecular weight excluding hydrogens is 280 g/mol. The summed E-state index contributed by atoms with van der Waals surface area (Å²) in [5.74, 6) is -0.314. The third-order valence-electron chi connectivity index (χ3n) is 2.99. The first-order chi connectivity index (χ1) is 10.3. The van der Waals surface area contributed by atoms with Crippen LogP contribution in [0.4, 0.5) is 10.5 Å². The Morgan fingerprint density at radius 1 is 1.09 bits per heavy atom. The zero-order valence-corrected chi connectivity index (χ0v) is 14.0. The van der Waals surface area contributed by atoms with Gasteiger partial charge in [0.2, 0.25) is 5.91 Å². The van der Waals surface area contributed by atoms with Gasteiger partial charge in [0, 0.05) is 32.4 Å². The van der Waals surface area contributed by atoms with Crippen LogP contribution in [0.1, 0.15) is 19.4 Å². The Bertz CT molecular complexity index is 497. The number of nitrogens with zero attached hydrogens (tertiary/aromatic N) is 2. The molecule has 0 bridgehead atoms. The van der Waals surface area contributed by atoms with Crippen molar-refractivity contribution in [3.8, 4) is 0 Å². The Hall–Kier alpha value is -2.08. The summed E-state index contributed by atoms with van der Waals surface area (Å²) in [4.78, 5) is 27.1. The molecule has 0 aliphatic carbocycles. The molecule has 0 radical (unpaired) electrons. The lowest BCUT2D eigenvalue weighted by molar-refractivity contribution is -0.120. The van der Waals surface area contributed by atoms with Crippen molar-refractivity contribution in [1.82, 2.24) is 15.5 Å². The molecule has 0 aliphatic rings. The predicted octanol–water partition coefficient (Wildman–Crippen LogP) is 1.42. The number of imide groups is 1. The minimum atomic E-state index is -0.455. The lowest BCUT2D eigenvalue weighted by Crippen LogP contribution is -2.45. The van der Waals surface area contributed by atoms with E-state index in [0.29, 0.717) is 6.54 Å². The zero-order valence-electron chi connectivity index (χ0n) is 14.0. The van der Waals surface area contributed by atoms with E-state index in [1.807, 2.05) is 69.1 Å². The van der Waals surface area contributed by atoms with Gasteiger partial charge in [0.1, 0.15) is 0 Å². The van der Waals surface area contributed by atoms with Crippen molar-refractivity contribution in [1.29, 1.82) is 0 Å². The Morgan fingerprint density at radius 3 is 2.18 bits per heavy atom. The van der Waals surface area contributed by atoms with Crippen LogP contribution in [0.15, 0.2) is 24.3 Å². The summed E-state index contributed by atoms with van der Waals surface area (Å²) in [5.41, 5.74) is 2.25. The van der Waals surface area contributed by atoms with Gasteiger partial charge in [0.15, 0.2) is 0 Å². The summed E-state index contributed by atoms with van der Waals surface area (Å²) < 4.78 is 0. The highest BCUT2D eigenvalue weighted by molar-refractivity contribution is 5.95. The van der Waals surface area contributed by atoms with Gasteiger partial charge in [-0.3, -0.25) is 15.0 Å². The number of urea groups is 1. The van der Waals surface area contributed by atoms with E-state index in [9.17, 15) is 9.59 Å². The number of benzene rings is 1. The Balaban J connectivity index is 2.43. The molecule has 122 valence electrons. The van der Waals surface area contributed by atoms with E-state index in [0.717, 1.165) is 11.3 Å². The lowest BCUT2D eigenvalue weighted by atomic mass is 10.2. The van der Waals surface area contributed by atoms with E-state index in [1.165, 1.54) is 0 Å². The Labute approximate surface area is 132 Å². The monoisotopic (exact) mass is 306 g/mol. The molecule has 22 heavy (non-hydrogen) atoms. The van der Waals surface area contributed by atoms with Gasteiger partial charge in [-0.1, -0.05) is 12.1 Å². The summed E-state index contributed by atoms with van der Waals surface area (Å²) in [7, 11) is 5.83. The van der Waals surface area contributed by atoms with E-state index < -0.39 is 6.03 Å². The van der Waals surface area contributed by atoms with Crippen molar-refractivity contribution in [2.75, 3.05) is 32.6 Å². The van der Waals surface area contributed by atoms with Crippen molar-refractivity contribution in [3.63, 3.8) is 0 Å². The Kier molecular flexibility index (Phi) is 6.85. The lowest BCUT2D eigenvalue weighted by Gasteiger charge is -2.18. The minimum absolute atomic E-state index is 0.000686. The van der Waals surface area contributed by atoms with Gasteiger partial charge in [-0.25, -0.2) is 4.79 Å². The van der Waals surface area contributed by atoms with Gasteiger partial charge in [-0.05, 0) is 38.6 Å². The summed E-state index contributed by atoms with van der Waals surface area (Å²) in [6, 6.07) is 7.70. The molecular formula is C16H26N4O2. The van der Waals surface area contributed by atoms with Crippen molar-refractivity contribution in [2.24, 2.45) is 0 Å². The van der Waals surface area contributed by atoms with Crippen LogP contribution in [0.5, 0.6) is 0 Å². The fraction of sp³-hybridized carbons (Fsp3) is 0.500. The van der Waals surface area contributed by atoms with Gasteiger partial charge < -0.3 is 10.2 Å². The van der Waals surface area contributed by atoms with Gasteiger partial charge in [0.25, 0.3) is 0 Å². The molecule has 0 heterocycles. The molecule has 0 saturated heterocycles. The molecule has 0 saturated carbocycles. The molecule has 0 fully saturated rings. The Morgan fingerprint density at radius 2 is 1.68 bits per heavy atom. The molecule has 1 aromatic rings. The summed E-state index contributed by atoms with van der Waals surface area (Å²) in [6.45, 7) is 4.50. The molecule has 0 aliphatic heterocycles. The molecule has 0 spiro atoms. The van der Waals surface area contributed by atoms with Crippen molar-refractivity contribution in [3.05, 3.63) is 29.8 Å². The maximum Gasteiger partial charge on any atom is 0.321 e. The molecule has 0 unspecified atom stereocenters. The van der Waals surface area contributed by atoms with E-state index in [1.54, 1.807) is 0 Å². The van der Waals surface area contributed by atoms with E-state index >= 15 is 0 Å². The highest BCUT2D eigenvalue weighted by atomic mass is 16.2. The van der Waals surface area contributed by atoms with Gasteiger partial charge in [0.05, 0.1) is 6.54 Å². The first kappa shape index (κ1) is 18.0. The molecule has 1 aromatic carbocycles. The molecule has 6 heteroatoms. The van der Waals surface area contributed by atoms with E-state index in [4.69, 9.17) is 0 Å². The fourth-order valence-corrected chi connectivity index (χ4v) is 1.98. The number of anilines is 1. The normalized spacial score (nSPS) is 10.7. The number of likely N-dealkylation sites (N-methyl/N-ethyl adjacent to an activating group) is 1. The maximum atomic E-state index is 11.8. The van der Waals surface area contributed by atoms with Gasteiger partial charge in [-0.15, -0.1) is 0 Å². The number of hydrogen-bond acceptors (Lipinski definition) is 4. The summed E-state index contributed by atoms with van der Waals surface area (Å²) in [6.07, 6.45) is 0. The second-order valence-corrected chi connectivity index (χ2v) is 5.91. The number of nitrogens with one attached hydrogen (secondary N) is 2. The number of carbonyl (C=O) groups excluding carboxylic acids is 2. The van der Waals surface area contributed by atoms with Crippen LogP contribution >= 0.6 is 0 Å². The van der Waals surface area contributed by atoms with Crippen LogP contribution in [0.3, 0.4) is 0 Å². The first-order valence-corrected chi connectivity index (χ1v) is 7.33. The number of rotatable bonds is 6. The number of amides is 3. The van der Waals surface area contributed by atoms with Crippen molar-refractivity contribution >= 4 is 17.6 Å². The van der Waals surface area contributed by atoms with Crippen LogP contribution in [0, 0.1) is 0 Å². The minimum Gasteiger partial charge on any atom is -0.378 e. The molecule has 3 amide bonds. The van der Waals surface area contributed by atoms with Crippen LogP contribution in [0.2, 0.25) is 0 Å². The topological polar surface area (TPSA) is 64.7 Å². The van der Waals surface area contributed by atoms with Gasteiger partial charge in [-0.2, -0.15) is 0 Å². The second-order valence-electron chi connectivity index (χ2n) is 5.91. The van der Waals surface area contributed by atoms with Gasteiger partial charge >= 0.3 is 6.03 Å². The van der Waals surface area contributed by atoms with Crippen molar-refractivity contribution < 1.29 is 9.59 Å². The predicted molar refractivity (Wildman–Crippen MR) is 88.9 cm³/mol. The van der Waals surface area contributed by atoms with Crippen LogP contribution in [-0.4, -0.2) is 50.6 Å². The highest BCUT2D eigenvalue weighted by Crippen LogP contribution is 2.13. The number of hydrogen-bond donors (Lipinski definition) is 2. The second kappa shape index (κ2) is 8.38. The highest BCUT2D eigenvalue weighted by Gasteiger charge is 2.11. The zero-order chi connectivity index (χ0) is 16.7. The number of carbonyl (C=O) groups is 2. The first-order valence-electron chi connectivity index (χ1n) is 7.33. The SMILES string of the molecule is CC(C)NC(=O)NC(=O)CN(C)Cc1ccc(N(C)C)cc1. The van der Waals surface area contributed by atoms with E-state index in [-0.39, 0.29) is 18.5 Å². The smallest absolute Gasteiger partial charge is 0.321 e. The average molecular weight is 306 g/mol. The van der Waals surface area contributed by atoms with Crippen LogP contribution < -0.4 is 15.5 Å². The third-order valence-corrected chi connectivity index (χ3v) is 2.99. The van der Waals surface area contributed by atoms with Crippen LogP contribution in [-0.2, 0) is 11.3 Å². The molecule has 0 aromatic heterocycles. The summed E-state index contributed by atoms with van der Waals surface area (Å²) >= 11 is 0. The summed E-state index contributed by atoms with van der Waals surface area (Å²) in [5, 5.41) is 4.93. The molecule has 0 atom stereocenters. The quantitative estimate of drug-likeness (QED) is 0.834. The largest absolute Gasteiger partial charge is 0.378 e. The molecule has 1 rings (SSSR count). The average Bonchev–Trinajstić information content (AvgIpc) is 2.37. The van der Waals surface area contributed by atoms with E-state index in [2.05, 4.69) is 10.6 Å². The fourth-order valence-electron chi connectivity index (χ4n) is 1.98. The van der Waals surface area contributed by atoms with Crippen molar-refractivity contribution in [2.45, 2.75) is 26.4 Å².